The van der Waals surface area contributed by atoms with E-state index in [0.29, 0.717) is 4.90 Å². The Kier molecular flexibility index (Phi) is 7.41. The van der Waals surface area contributed by atoms with Crippen LogP contribution in [0, 0.1) is 5.92 Å². The molecule has 3 N–H and O–H groups in total. The van der Waals surface area contributed by atoms with Gasteiger partial charge in [-0.25, -0.2) is 0 Å². The van der Waals surface area contributed by atoms with E-state index in [9.17, 15) is 18.9 Å². The molecule has 0 aliphatic heterocycles. The summed E-state index contributed by atoms with van der Waals surface area (Å²) in [7, 11) is -4.57. The van der Waals surface area contributed by atoms with Gasteiger partial charge in [0.15, 0.2) is 0 Å². The number of hydrogen-bond donors (Lipinski definition) is 3. The van der Waals surface area contributed by atoms with Crippen LogP contribution in [0.1, 0.15) is 20.3 Å². The van der Waals surface area contributed by atoms with Crippen LogP contribution in [0.2, 0.25) is 0 Å². The van der Waals surface area contributed by atoms with E-state index in [0.717, 1.165) is 0 Å². The van der Waals surface area contributed by atoms with Gasteiger partial charge in [-0.3, -0.25) is 18.9 Å². The summed E-state index contributed by atoms with van der Waals surface area (Å²) in [5.74, 6) is -3.90. The lowest BCUT2D eigenvalue weighted by molar-refractivity contribution is -0.150. The molecule has 0 saturated carbocycles. The number of carboxylic acid groups (broad SMARTS) is 1. The lowest BCUT2D eigenvalue weighted by Gasteiger charge is -2.22. The lowest BCUT2D eigenvalue weighted by atomic mass is 10.1. The van der Waals surface area contributed by atoms with E-state index < -0.39 is 50.6 Å². The van der Waals surface area contributed by atoms with Crippen molar-refractivity contribution in [3.63, 3.8) is 0 Å². The van der Waals surface area contributed by atoms with Crippen molar-refractivity contribution in [1.82, 2.24) is 4.90 Å². The van der Waals surface area contributed by atoms with E-state index in [1.54, 1.807) is 6.92 Å². The highest BCUT2D eigenvalue weighted by Crippen LogP contribution is 2.35. The van der Waals surface area contributed by atoms with Crippen molar-refractivity contribution in [2.45, 2.75) is 20.3 Å². The average Bonchev–Trinajstić information content (AvgIpc) is 2.26. The number of aliphatic carboxylic acids is 1. The molecule has 0 spiro atoms. The molecule has 0 aromatic rings. The SMILES string of the molecule is CCOC(=O)CN(CP(=O)(O)O)C(=O)CC(C)C(=O)O. The van der Waals surface area contributed by atoms with Gasteiger partial charge in [-0.05, 0) is 6.92 Å². The second-order valence-corrected chi connectivity index (χ2v) is 5.76. The van der Waals surface area contributed by atoms with Gasteiger partial charge in [0.05, 0.1) is 12.5 Å². The number of ether oxygens (including phenoxy) is 1. The van der Waals surface area contributed by atoms with Crippen molar-refractivity contribution in [2.24, 2.45) is 5.92 Å². The predicted octanol–water partition coefficient (Wildman–Crippen LogP) is -0.376. The van der Waals surface area contributed by atoms with Gasteiger partial charge in [0.2, 0.25) is 5.91 Å². The third-order valence-corrected chi connectivity index (χ3v) is 2.95. The van der Waals surface area contributed by atoms with Gasteiger partial charge >= 0.3 is 19.5 Å². The van der Waals surface area contributed by atoms with E-state index in [-0.39, 0.29) is 6.61 Å². The number of amides is 1. The molecule has 0 heterocycles. The van der Waals surface area contributed by atoms with Crippen LogP contribution in [0.4, 0.5) is 0 Å². The molecule has 0 rings (SSSR count). The minimum absolute atomic E-state index is 0.0578. The van der Waals surface area contributed by atoms with Gasteiger partial charge in [0, 0.05) is 6.42 Å². The number of carbonyl (C=O) groups is 3. The van der Waals surface area contributed by atoms with Crippen LogP contribution in [-0.2, 0) is 23.7 Å². The number of hydrogen-bond acceptors (Lipinski definition) is 5. The molecule has 9 nitrogen and oxygen atoms in total. The molecule has 0 aliphatic rings. The Labute approximate surface area is 115 Å². The van der Waals surface area contributed by atoms with Gasteiger partial charge in [-0.1, -0.05) is 6.92 Å². The van der Waals surface area contributed by atoms with E-state index >= 15 is 0 Å². The van der Waals surface area contributed by atoms with E-state index in [1.165, 1.54) is 6.92 Å². The number of carboxylic acids is 1. The third kappa shape index (κ3) is 7.88. The van der Waals surface area contributed by atoms with Crippen LogP contribution in [-0.4, -0.2) is 57.1 Å². The maximum atomic E-state index is 11.8. The minimum Gasteiger partial charge on any atom is -0.481 e. The summed E-state index contributed by atoms with van der Waals surface area (Å²) < 4.78 is 15.5. The van der Waals surface area contributed by atoms with Crippen LogP contribution in [0.5, 0.6) is 0 Å². The van der Waals surface area contributed by atoms with Crippen molar-refractivity contribution in [1.29, 1.82) is 0 Å². The van der Waals surface area contributed by atoms with Crippen molar-refractivity contribution in [2.75, 3.05) is 19.4 Å². The first-order valence-electron chi connectivity index (χ1n) is 5.77. The first-order chi connectivity index (χ1) is 9.06. The van der Waals surface area contributed by atoms with Gasteiger partial charge in [0.1, 0.15) is 12.8 Å². The highest BCUT2D eigenvalue weighted by atomic mass is 31.2. The third-order valence-electron chi connectivity index (χ3n) is 2.24. The summed E-state index contributed by atoms with van der Waals surface area (Å²) in [6, 6.07) is 0. The Morgan fingerprint density at radius 3 is 2.25 bits per heavy atom. The smallest absolute Gasteiger partial charge is 0.344 e. The van der Waals surface area contributed by atoms with Crippen LogP contribution >= 0.6 is 7.60 Å². The highest BCUT2D eigenvalue weighted by Gasteiger charge is 2.28. The zero-order chi connectivity index (χ0) is 15.9. The molecule has 1 unspecified atom stereocenters. The number of carbonyl (C=O) groups excluding carboxylic acids is 2. The number of esters is 1. The summed E-state index contributed by atoms with van der Waals surface area (Å²) in [6.07, 6.45) is -1.42. The van der Waals surface area contributed by atoms with Gasteiger partial charge in [0.25, 0.3) is 0 Å². The van der Waals surface area contributed by atoms with Crippen LogP contribution in [0.25, 0.3) is 0 Å². The van der Waals surface area contributed by atoms with Crippen LogP contribution < -0.4 is 0 Å². The lowest BCUT2D eigenvalue weighted by Crippen LogP contribution is -2.38. The number of nitrogens with zero attached hydrogens (tertiary/aromatic N) is 1. The summed E-state index contributed by atoms with van der Waals surface area (Å²) >= 11 is 0. The second-order valence-electron chi connectivity index (χ2n) is 4.15. The monoisotopic (exact) mass is 311 g/mol. The van der Waals surface area contributed by atoms with Crippen LogP contribution in [0.3, 0.4) is 0 Å². The first-order valence-corrected chi connectivity index (χ1v) is 7.57. The fourth-order valence-corrected chi connectivity index (χ4v) is 1.98. The highest BCUT2D eigenvalue weighted by molar-refractivity contribution is 7.51. The van der Waals surface area contributed by atoms with Crippen molar-refractivity contribution >= 4 is 25.4 Å². The van der Waals surface area contributed by atoms with Crippen molar-refractivity contribution in [3.8, 4) is 0 Å². The quantitative estimate of drug-likeness (QED) is 0.407. The average molecular weight is 311 g/mol. The molecule has 10 heteroatoms. The Bertz CT molecular complexity index is 417. The molecular formula is C10H18NO8P. The Hall–Kier alpha value is -1.44. The zero-order valence-corrected chi connectivity index (χ0v) is 12.1. The molecule has 0 aromatic heterocycles. The molecule has 0 aliphatic carbocycles. The molecule has 1 amide bonds. The summed E-state index contributed by atoms with van der Waals surface area (Å²) in [5, 5.41) is 8.70. The summed E-state index contributed by atoms with van der Waals surface area (Å²) in [5.41, 5.74) is 0. The minimum atomic E-state index is -4.57. The van der Waals surface area contributed by atoms with Gasteiger partial charge in [-0.2, -0.15) is 0 Å². The van der Waals surface area contributed by atoms with Crippen molar-refractivity contribution in [3.05, 3.63) is 0 Å². The fraction of sp³-hybridized carbons (Fsp3) is 0.700. The topological polar surface area (TPSA) is 141 Å². The fourth-order valence-electron chi connectivity index (χ4n) is 1.28. The normalized spacial score (nSPS) is 12.6. The molecular weight excluding hydrogens is 293 g/mol. The maximum Gasteiger partial charge on any atom is 0.344 e. The van der Waals surface area contributed by atoms with Gasteiger partial charge < -0.3 is 24.5 Å². The predicted molar refractivity (Wildman–Crippen MR) is 66.7 cm³/mol. The molecule has 116 valence electrons. The molecule has 0 bridgehead atoms. The molecule has 1 atom stereocenters. The first kappa shape index (κ1) is 18.6. The van der Waals surface area contributed by atoms with Crippen molar-refractivity contribution < 1.29 is 38.6 Å². The Morgan fingerprint density at radius 1 is 1.30 bits per heavy atom. The van der Waals surface area contributed by atoms with E-state index in [4.69, 9.17) is 14.9 Å². The molecule has 0 saturated heterocycles. The zero-order valence-electron chi connectivity index (χ0n) is 11.2. The number of rotatable bonds is 8. The maximum absolute atomic E-state index is 11.8. The Balaban J connectivity index is 4.83. The molecule has 20 heavy (non-hydrogen) atoms. The summed E-state index contributed by atoms with van der Waals surface area (Å²) in [6.45, 7) is 2.24. The molecule has 0 fully saturated rings. The largest absolute Gasteiger partial charge is 0.481 e. The van der Waals surface area contributed by atoms with E-state index in [2.05, 4.69) is 4.74 Å². The second kappa shape index (κ2) is 7.98. The van der Waals surface area contributed by atoms with E-state index in [1.807, 2.05) is 0 Å². The Morgan fingerprint density at radius 2 is 1.85 bits per heavy atom. The molecule has 0 radical (unpaired) electrons. The van der Waals surface area contributed by atoms with Gasteiger partial charge in [-0.15, -0.1) is 0 Å². The van der Waals surface area contributed by atoms with Crippen LogP contribution in [0.15, 0.2) is 0 Å². The standard InChI is InChI=1S/C10H18NO8P/c1-3-19-9(13)5-11(6-20(16,17)18)8(12)4-7(2)10(14)15/h7H,3-6H2,1-2H3,(H,14,15)(H2,16,17,18). The summed E-state index contributed by atoms with van der Waals surface area (Å²) in [4.78, 5) is 52.1. The molecule has 0 aromatic carbocycles.